The highest BCUT2D eigenvalue weighted by atomic mass is 32.1. The molecule has 0 bridgehead atoms. The first-order valence-corrected chi connectivity index (χ1v) is 9.55. The highest BCUT2D eigenvalue weighted by Gasteiger charge is 2.13. The van der Waals surface area contributed by atoms with Crippen molar-refractivity contribution in [3.05, 3.63) is 62.7 Å². The van der Waals surface area contributed by atoms with Crippen LogP contribution in [-0.2, 0) is 0 Å². The lowest BCUT2D eigenvalue weighted by Gasteiger charge is -1.96. The lowest BCUT2D eigenvalue weighted by molar-refractivity contribution is -0.384. The summed E-state index contributed by atoms with van der Waals surface area (Å²) in [5.74, 6) is 0. The van der Waals surface area contributed by atoms with Crippen LogP contribution in [0.25, 0.3) is 31.8 Å². The van der Waals surface area contributed by atoms with Crippen LogP contribution in [0.3, 0.4) is 0 Å². The maximum atomic E-state index is 10.7. The number of aromatic nitrogens is 2. The Balaban J connectivity index is 1.62. The first kappa shape index (κ1) is 15.1. The van der Waals surface area contributed by atoms with E-state index in [4.69, 9.17) is 0 Å². The van der Waals surface area contributed by atoms with Crippen molar-refractivity contribution in [3.63, 3.8) is 0 Å². The molecule has 8 heteroatoms. The van der Waals surface area contributed by atoms with Crippen LogP contribution in [0.2, 0.25) is 0 Å². The topological polar surface area (TPSA) is 68.9 Å². The van der Waals surface area contributed by atoms with Gasteiger partial charge in [0.2, 0.25) is 0 Å². The Hall–Kier alpha value is -2.42. The van der Waals surface area contributed by atoms with Gasteiger partial charge >= 0.3 is 0 Å². The summed E-state index contributed by atoms with van der Waals surface area (Å²) in [7, 11) is 0. The normalized spacial score (nSPS) is 10.8. The summed E-state index contributed by atoms with van der Waals surface area (Å²) in [5.41, 5.74) is 2.71. The van der Waals surface area contributed by atoms with Crippen LogP contribution >= 0.6 is 34.0 Å². The number of hydrogen-bond acceptors (Lipinski definition) is 7. The zero-order chi connectivity index (χ0) is 16.5. The third kappa shape index (κ3) is 2.86. The van der Waals surface area contributed by atoms with E-state index >= 15 is 0 Å². The fourth-order valence-corrected chi connectivity index (χ4v) is 4.63. The number of rotatable bonds is 4. The van der Waals surface area contributed by atoms with Crippen molar-refractivity contribution >= 4 is 39.7 Å². The monoisotopic (exact) mass is 371 g/mol. The van der Waals surface area contributed by atoms with Gasteiger partial charge in [0.05, 0.1) is 21.2 Å². The van der Waals surface area contributed by atoms with E-state index in [9.17, 15) is 10.1 Å². The lowest BCUT2D eigenvalue weighted by Crippen LogP contribution is -1.87. The fraction of sp³-hybridized carbons (Fsp3) is 0. The molecule has 24 heavy (non-hydrogen) atoms. The summed E-state index contributed by atoms with van der Waals surface area (Å²) >= 11 is 4.76. The van der Waals surface area contributed by atoms with Crippen molar-refractivity contribution in [3.8, 4) is 31.8 Å². The van der Waals surface area contributed by atoms with Crippen molar-refractivity contribution in [2.45, 2.75) is 0 Å². The Morgan fingerprint density at radius 1 is 0.875 bits per heavy atom. The molecule has 4 aromatic rings. The summed E-state index contributed by atoms with van der Waals surface area (Å²) in [5, 5.41) is 18.5. The van der Waals surface area contributed by atoms with Crippen LogP contribution in [0.4, 0.5) is 5.69 Å². The second kappa shape index (κ2) is 6.23. The molecule has 0 spiro atoms. The lowest BCUT2D eigenvalue weighted by atomic mass is 10.1. The molecule has 0 unspecified atom stereocenters. The molecular weight excluding hydrogens is 362 g/mol. The Morgan fingerprint density at radius 3 is 2.17 bits per heavy atom. The molecule has 0 fully saturated rings. The molecule has 4 rings (SSSR count). The quantitative estimate of drug-likeness (QED) is 0.347. The van der Waals surface area contributed by atoms with E-state index in [1.54, 1.807) is 34.8 Å². The van der Waals surface area contributed by atoms with Crippen LogP contribution < -0.4 is 0 Å². The van der Waals surface area contributed by atoms with Gasteiger partial charge in [-0.05, 0) is 23.6 Å². The molecule has 0 atom stereocenters. The number of hydrogen-bond donors (Lipinski definition) is 0. The van der Waals surface area contributed by atoms with Gasteiger partial charge in [0.15, 0.2) is 10.0 Å². The first-order chi connectivity index (χ1) is 11.7. The molecular formula is C16H9N3O2S3. The van der Waals surface area contributed by atoms with E-state index in [-0.39, 0.29) is 5.69 Å². The van der Waals surface area contributed by atoms with Gasteiger partial charge in [-0.3, -0.25) is 10.1 Å². The molecule has 0 N–H and O–H groups in total. The molecule has 0 aliphatic carbocycles. The van der Waals surface area contributed by atoms with Gasteiger partial charge < -0.3 is 0 Å². The standard InChI is InChI=1S/C16H9N3O2S3/c20-19(21)11-5-3-10(4-6-11)12-8-23-15(17-12)16-18-13(9-24-16)14-2-1-7-22-14/h1-9H. The molecule has 3 aromatic heterocycles. The predicted octanol–water partition coefficient (Wildman–Crippen LogP) is 5.57. The number of thiazole rings is 2. The van der Waals surface area contributed by atoms with Crippen molar-refractivity contribution in [1.29, 1.82) is 0 Å². The molecule has 5 nitrogen and oxygen atoms in total. The molecule has 0 saturated carbocycles. The Bertz CT molecular complexity index is 988. The predicted molar refractivity (Wildman–Crippen MR) is 98.6 cm³/mol. The van der Waals surface area contributed by atoms with E-state index in [0.717, 1.165) is 31.8 Å². The SMILES string of the molecule is O=[N+]([O-])c1ccc(-c2csc(-c3nc(-c4cccs4)cs3)n2)cc1. The number of nitro groups is 1. The second-order valence-electron chi connectivity index (χ2n) is 4.86. The van der Waals surface area contributed by atoms with E-state index in [1.165, 1.54) is 23.5 Å². The average Bonchev–Trinajstić information content (AvgIpc) is 3.33. The number of nitrogens with zero attached hydrogens (tertiary/aromatic N) is 3. The zero-order valence-corrected chi connectivity index (χ0v) is 14.5. The number of non-ortho nitro benzene ring substituents is 1. The van der Waals surface area contributed by atoms with Gasteiger partial charge in [-0.15, -0.1) is 34.0 Å². The van der Waals surface area contributed by atoms with Crippen LogP contribution in [0.15, 0.2) is 52.5 Å². The second-order valence-corrected chi connectivity index (χ2v) is 7.52. The third-order valence-corrected chi connectivity index (χ3v) is 6.06. The minimum absolute atomic E-state index is 0.0784. The van der Waals surface area contributed by atoms with Crippen molar-refractivity contribution in [2.75, 3.05) is 0 Å². The highest BCUT2D eigenvalue weighted by Crippen LogP contribution is 2.34. The van der Waals surface area contributed by atoms with Crippen molar-refractivity contribution in [1.82, 2.24) is 9.97 Å². The largest absolute Gasteiger partial charge is 0.269 e. The summed E-state index contributed by atoms with van der Waals surface area (Å²) in [6, 6.07) is 10.5. The Morgan fingerprint density at radius 2 is 1.54 bits per heavy atom. The number of benzene rings is 1. The van der Waals surface area contributed by atoms with E-state index < -0.39 is 4.92 Å². The fourth-order valence-electron chi connectivity index (χ4n) is 2.17. The molecule has 3 heterocycles. The molecule has 0 aliphatic rings. The molecule has 0 aliphatic heterocycles. The van der Waals surface area contributed by atoms with Gasteiger partial charge in [-0.25, -0.2) is 9.97 Å². The van der Waals surface area contributed by atoms with Crippen LogP contribution in [0, 0.1) is 10.1 Å². The van der Waals surface area contributed by atoms with E-state index in [2.05, 4.69) is 9.97 Å². The maximum Gasteiger partial charge on any atom is 0.269 e. The van der Waals surface area contributed by atoms with Crippen molar-refractivity contribution < 1.29 is 4.92 Å². The number of thiophene rings is 1. The van der Waals surface area contributed by atoms with Crippen LogP contribution in [0.5, 0.6) is 0 Å². The van der Waals surface area contributed by atoms with Crippen LogP contribution in [0.1, 0.15) is 0 Å². The summed E-state index contributed by atoms with van der Waals surface area (Å²) in [6.07, 6.45) is 0. The average molecular weight is 371 g/mol. The Kier molecular flexibility index (Phi) is 3.93. The van der Waals surface area contributed by atoms with Crippen LogP contribution in [-0.4, -0.2) is 14.9 Å². The van der Waals surface area contributed by atoms with Gasteiger partial charge in [0.25, 0.3) is 5.69 Å². The molecule has 1 aromatic carbocycles. The summed E-state index contributed by atoms with van der Waals surface area (Å²) in [6.45, 7) is 0. The summed E-state index contributed by atoms with van der Waals surface area (Å²) < 4.78 is 0. The maximum absolute atomic E-state index is 10.7. The van der Waals surface area contributed by atoms with Crippen molar-refractivity contribution in [2.24, 2.45) is 0 Å². The highest BCUT2D eigenvalue weighted by molar-refractivity contribution is 7.20. The smallest absolute Gasteiger partial charge is 0.258 e. The molecule has 0 amide bonds. The minimum atomic E-state index is -0.405. The molecule has 0 saturated heterocycles. The first-order valence-electron chi connectivity index (χ1n) is 6.91. The molecule has 118 valence electrons. The molecule has 0 radical (unpaired) electrons. The van der Waals surface area contributed by atoms with Gasteiger partial charge in [0, 0.05) is 28.5 Å². The van der Waals surface area contributed by atoms with Gasteiger partial charge in [-0.2, -0.15) is 0 Å². The van der Waals surface area contributed by atoms with Gasteiger partial charge in [0.1, 0.15) is 0 Å². The van der Waals surface area contributed by atoms with E-state index in [1.807, 2.05) is 28.3 Å². The summed E-state index contributed by atoms with van der Waals surface area (Å²) in [4.78, 5) is 20.7. The minimum Gasteiger partial charge on any atom is -0.258 e. The van der Waals surface area contributed by atoms with Gasteiger partial charge in [-0.1, -0.05) is 6.07 Å². The third-order valence-electron chi connectivity index (χ3n) is 3.34. The number of nitro benzene ring substituents is 1. The Labute approximate surface area is 149 Å². The van der Waals surface area contributed by atoms with E-state index in [0.29, 0.717) is 0 Å². The zero-order valence-electron chi connectivity index (χ0n) is 12.1.